The van der Waals surface area contributed by atoms with Crippen LogP contribution < -0.4 is 5.32 Å². The van der Waals surface area contributed by atoms with Crippen LogP contribution in [0.4, 0.5) is 5.69 Å². The Labute approximate surface area is 112 Å². The topological polar surface area (TPSA) is 12.0 Å². The maximum atomic E-state index is 3.75. The fourth-order valence-electron chi connectivity index (χ4n) is 3.00. The summed E-state index contributed by atoms with van der Waals surface area (Å²) in [6.07, 6.45) is 6.69. The molecule has 1 aliphatic carbocycles. The summed E-state index contributed by atoms with van der Waals surface area (Å²) in [5, 5.41) is 3.75. The highest BCUT2D eigenvalue weighted by molar-refractivity contribution is 5.52. The van der Waals surface area contributed by atoms with Gasteiger partial charge in [-0.05, 0) is 56.6 Å². The predicted molar refractivity (Wildman–Crippen MR) is 80.2 cm³/mol. The van der Waals surface area contributed by atoms with E-state index in [1.165, 1.54) is 48.9 Å². The summed E-state index contributed by atoms with van der Waals surface area (Å²) in [7, 11) is 0. The van der Waals surface area contributed by atoms with Crippen LogP contribution in [0.25, 0.3) is 0 Å². The van der Waals surface area contributed by atoms with E-state index in [-0.39, 0.29) is 0 Å². The minimum absolute atomic E-state index is 0.540. The largest absolute Gasteiger partial charge is 0.382 e. The second-order valence-electron chi connectivity index (χ2n) is 6.75. The maximum Gasteiger partial charge on any atom is 0.0372 e. The quantitative estimate of drug-likeness (QED) is 0.717. The highest BCUT2D eigenvalue weighted by Gasteiger charge is 2.24. The van der Waals surface area contributed by atoms with Gasteiger partial charge >= 0.3 is 0 Å². The van der Waals surface area contributed by atoms with E-state index in [1.54, 1.807) is 0 Å². The maximum absolute atomic E-state index is 3.75. The molecular formula is C17H27N. The van der Waals surface area contributed by atoms with Crippen LogP contribution in [0.3, 0.4) is 0 Å². The Balaban J connectivity index is 2.01. The Hall–Kier alpha value is -0.980. The average molecular weight is 245 g/mol. The molecule has 1 aliphatic rings. The summed E-state index contributed by atoms with van der Waals surface area (Å²) in [5.41, 5.74) is 4.59. The normalized spacial score (nSPS) is 23.4. The third kappa shape index (κ3) is 3.51. The predicted octanol–water partition coefficient (Wildman–Crippen LogP) is 5.07. The first-order valence-electron chi connectivity index (χ1n) is 7.30. The van der Waals surface area contributed by atoms with E-state index in [9.17, 15) is 0 Å². The van der Waals surface area contributed by atoms with Gasteiger partial charge in [0, 0.05) is 11.7 Å². The van der Waals surface area contributed by atoms with Crippen LogP contribution in [0.2, 0.25) is 0 Å². The Bertz CT molecular complexity index is 406. The van der Waals surface area contributed by atoms with Gasteiger partial charge < -0.3 is 5.32 Å². The molecule has 1 heteroatoms. The molecule has 0 aromatic heterocycles. The van der Waals surface area contributed by atoms with Crippen LogP contribution in [0.5, 0.6) is 0 Å². The molecule has 2 rings (SSSR count). The molecule has 1 atom stereocenters. The third-order valence-electron chi connectivity index (χ3n) is 4.32. The molecule has 1 nitrogen and oxygen atoms in total. The zero-order chi connectivity index (χ0) is 13.2. The highest BCUT2D eigenvalue weighted by Crippen LogP contribution is 2.34. The van der Waals surface area contributed by atoms with E-state index in [0.717, 1.165) is 0 Å². The monoisotopic (exact) mass is 245 g/mol. The number of hydrogen-bond acceptors (Lipinski definition) is 1. The smallest absolute Gasteiger partial charge is 0.0372 e. The van der Waals surface area contributed by atoms with Crippen molar-refractivity contribution in [2.45, 2.75) is 65.8 Å². The molecule has 1 unspecified atom stereocenters. The lowest BCUT2D eigenvalue weighted by Crippen LogP contribution is -2.19. The van der Waals surface area contributed by atoms with E-state index in [4.69, 9.17) is 0 Å². The van der Waals surface area contributed by atoms with Crippen molar-refractivity contribution in [1.82, 2.24) is 0 Å². The number of anilines is 1. The van der Waals surface area contributed by atoms with Gasteiger partial charge in [-0.3, -0.25) is 0 Å². The zero-order valence-electron chi connectivity index (χ0n) is 12.3. The molecule has 1 aromatic carbocycles. The summed E-state index contributed by atoms with van der Waals surface area (Å²) in [5.74, 6) is 0. The van der Waals surface area contributed by atoms with Gasteiger partial charge in [-0.25, -0.2) is 0 Å². The van der Waals surface area contributed by atoms with Gasteiger partial charge in [0.15, 0.2) is 0 Å². The summed E-state index contributed by atoms with van der Waals surface area (Å²) in [4.78, 5) is 0. The fraction of sp³-hybridized carbons (Fsp3) is 0.647. The van der Waals surface area contributed by atoms with Gasteiger partial charge in [0.1, 0.15) is 0 Å². The minimum atomic E-state index is 0.540. The molecule has 0 heterocycles. The van der Waals surface area contributed by atoms with Crippen LogP contribution in [-0.4, -0.2) is 6.04 Å². The number of rotatable bonds is 2. The van der Waals surface area contributed by atoms with Gasteiger partial charge in [0.25, 0.3) is 0 Å². The zero-order valence-corrected chi connectivity index (χ0v) is 12.3. The van der Waals surface area contributed by atoms with Crippen LogP contribution in [0.1, 0.15) is 57.1 Å². The van der Waals surface area contributed by atoms with E-state index in [0.29, 0.717) is 11.5 Å². The molecule has 0 amide bonds. The first kappa shape index (κ1) is 13.5. The second-order valence-corrected chi connectivity index (χ2v) is 6.75. The van der Waals surface area contributed by atoms with Gasteiger partial charge in [0.2, 0.25) is 0 Å². The van der Waals surface area contributed by atoms with E-state index >= 15 is 0 Å². The fourth-order valence-corrected chi connectivity index (χ4v) is 3.00. The van der Waals surface area contributed by atoms with E-state index in [1.807, 2.05) is 0 Å². The molecule has 0 spiro atoms. The van der Waals surface area contributed by atoms with Gasteiger partial charge in [-0.1, -0.05) is 38.0 Å². The Kier molecular flexibility index (Phi) is 3.99. The van der Waals surface area contributed by atoms with Crippen LogP contribution >= 0.6 is 0 Å². The van der Waals surface area contributed by atoms with Crippen molar-refractivity contribution in [1.29, 1.82) is 0 Å². The first-order chi connectivity index (χ1) is 8.46. The van der Waals surface area contributed by atoms with Crippen molar-refractivity contribution in [3.63, 3.8) is 0 Å². The van der Waals surface area contributed by atoms with Gasteiger partial charge in [-0.2, -0.15) is 0 Å². The summed E-state index contributed by atoms with van der Waals surface area (Å²) >= 11 is 0. The third-order valence-corrected chi connectivity index (χ3v) is 4.32. The Morgan fingerprint density at radius 1 is 1.11 bits per heavy atom. The second kappa shape index (κ2) is 5.34. The molecule has 1 N–H and O–H groups in total. The van der Waals surface area contributed by atoms with Crippen molar-refractivity contribution in [2.24, 2.45) is 5.41 Å². The Morgan fingerprint density at radius 2 is 1.89 bits per heavy atom. The van der Waals surface area contributed by atoms with Crippen LogP contribution in [0, 0.1) is 19.3 Å². The summed E-state index contributed by atoms with van der Waals surface area (Å²) < 4.78 is 0. The van der Waals surface area contributed by atoms with Crippen molar-refractivity contribution >= 4 is 5.69 Å². The molecule has 0 saturated heterocycles. The average Bonchev–Trinajstić information content (AvgIpc) is 2.44. The SMILES string of the molecule is Cc1ccc(NC2CCCC(C)(C)CC2)c(C)c1. The molecule has 0 aliphatic heterocycles. The molecular weight excluding hydrogens is 218 g/mol. The molecule has 0 bridgehead atoms. The van der Waals surface area contributed by atoms with Crippen LogP contribution in [-0.2, 0) is 0 Å². The molecule has 18 heavy (non-hydrogen) atoms. The van der Waals surface area contributed by atoms with Crippen molar-refractivity contribution in [2.75, 3.05) is 5.32 Å². The number of benzene rings is 1. The van der Waals surface area contributed by atoms with Crippen LogP contribution in [0.15, 0.2) is 18.2 Å². The lowest BCUT2D eigenvalue weighted by molar-refractivity contribution is 0.313. The van der Waals surface area contributed by atoms with Crippen molar-refractivity contribution in [3.05, 3.63) is 29.3 Å². The summed E-state index contributed by atoms with van der Waals surface area (Å²) in [6.45, 7) is 9.18. The summed E-state index contributed by atoms with van der Waals surface area (Å²) in [6, 6.07) is 7.37. The first-order valence-corrected chi connectivity index (χ1v) is 7.30. The number of aryl methyl sites for hydroxylation is 2. The molecule has 100 valence electrons. The molecule has 1 saturated carbocycles. The molecule has 1 aromatic rings. The van der Waals surface area contributed by atoms with Crippen molar-refractivity contribution < 1.29 is 0 Å². The van der Waals surface area contributed by atoms with Gasteiger partial charge in [-0.15, -0.1) is 0 Å². The molecule has 1 fully saturated rings. The highest BCUT2D eigenvalue weighted by atomic mass is 14.9. The number of nitrogens with one attached hydrogen (secondary N) is 1. The van der Waals surface area contributed by atoms with Crippen molar-refractivity contribution in [3.8, 4) is 0 Å². The standard InChI is InChI=1S/C17H27N/c1-13-7-8-16(14(2)12-13)18-15-6-5-10-17(3,4)11-9-15/h7-8,12,15,18H,5-6,9-11H2,1-4H3. The lowest BCUT2D eigenvalue weighted by atomic mass is 9.85. The number of hydrogen-bond donors (Lipinski definition) is 1. The van der Waals surface area contributed by atoms with E-state index in [2.05, 4.69) is 51.2 Å². The van der Waals surface area contributed by atoms with Gasteiger partial charge in [0.05, 0.1) is 0 Å². The minimum Gasteiger partial charge on any atom is -0.382 e. The lowest BCUT2D eigenvalue weighted by Gasteiger charge is -2.23. The Morgan fingerprint density at radius 3 is 2.61 bits per heavy atom. The van der Waals surface area contributed by atoms with E-state index < -0.39 is 0 Å². The molecule has 0 radical (unpaired) electrons.